The summed E-state index contributed by atoms with van der Waals surface area (Å²) in [6, 6.07) is 19.1. The molecule has 1 amide bonds. The number of benzene rings is 2. The zero-order chi connectivity index (χ0) is 28.8. The molecular weight excluding hydrogens is 531 g/mol. The van der Waals surface area contributed by atoms with Gasteiger partial charge < -0.3 is 10.1 Å². The first kappa shape index (κ1) is 29.2. The molecule has 2 aromatic heterocycles. The Balaban J connectivity index is 1.54. The van der Waals surface area contributed by atoms with E-state index in [9.17, 15) is 17.6 Å². The van der Waals surface area contributed by atoms with Crippen molar-refractivity contribution in [2.45, 2.75) is 57.2 Å². The number of carbonyl (C=O) groups excluding carboxylic acids is 1. The molecule has 2 aromatic carbocycles. The molecule has 0 spiro atoms. The molecule has 0 fully saturated rings. The molecule has 4 aromatic rings. The second-order valence-electron chi connectivity index (χ2n) is 10.6. The molecule has 0 aliphatic rings. The highest BCUT2D eigenvalue weighted by Gasteiger charge is 2.22. The Morgan fingerprint density at radius 2 is 1.68 bits per heavy atom. The van der Waals surface area contributed by atoms with Crippen LogP contribution >= 0.6 is 0 Å². The third-order valence-corrected chi connectivity index (χ3v) is 7.94. The van der Waals surface area contributed by atoms with Gasteiger partial charge in [-0.25, -0.2) is 22.2 Å². The average Bonchev–Trinajstić information content (AvgIpc) is 3.28. The summed E-state index contributed by atoms with van der Waals surface area (Å²) in [5.41, 5.74) is 1.28. The molecule has 0 aliphatic heterocycles. The smallest absolute Gasteiger partial charge is 0.407 e. The van der Waals surface area contributed by atoms with Gasteiger partial charge in [0.2, 0.25) is 5.95 Å². The van der Waals surface area contributed by atoms with Gasteiger partial charge in [-0.3, -0.25) is 4.90 Å². The van der Waals surface area contributed by atoms with Crippen molar-refractivity contribution in [3.8, 4) is 0 Å². The quantitative estimate of drug-likeness (QED) is 0.184. The van der Waals surface area contributed by atoms with Gasteiger partial charge in [0.1, 0.15) is 5.60 Å². The van der Waals surface area contributed by atoms with Crippen molar-refractivity contribution >= 4 is 27.0 Å². The first-order valence-electron chi connectivity index (χ1n) is 13.2. The maximum absolute atomic E-state index is 14.5. The molecule has 0 saturated carbocycles. The van der Waals surface area contributed by atoms with Crippen molar-refractivity contribution in [2.75, 3.05) is 13.1 Å². The molecule has 0 radical (unpaired) electrons. The van der Waals surface area contributed by atoms with Crippen molar-refractivity contribution in [1.29, 1.82) is 0 Å². The number of hydrogen-bond acceptors (Lipinski definition) is 6. The lowest BCUT2D eigenvalue weighted by molar-refractivity contribution is 0.0526. The van der Waals surface area contributed by atoms with Crippen LogP contribution in [0.1, 0.15) is 44.7 Å². The Bertz CT molecular complexity index is 1550. The third-order valence-electron chi connectivity index (χ3n) is 6.25. The van der Waals surface area contributed by atoms with Crippen LogP contribution in [0, 0.1) is 5.95 Å². The summed E-state index contributed by atoms with van der Waals surface area (Å²) in [5.74, 6) is -0.534. The fraction of sp³-hybridized carbons (Fsp3) is 0.333. The number of nitrogens with one attached hydrogen (secondary N) is 1. The van der Waals surface area contributed by atoms with Crippen molar-refractivity contribution in [2.24, 2.45) is 0 Å². The zero-order valence-electron chi connectivity index (χ0n) is 23.0. The van der Waals surface area contributed by atoms with Crippen LogP contribution in [0.4, 0.5) is 9.18 Å². The number of fused-ring (bicyclic) bond motifs is 1. The monoisotopic (exact) mass is 566 g/mol. The Kier molecular flexibility index (Phi) is 9.21. The lowest BCUT2D eigenvalue weighted by Crippen LogP contribution is -2.33. The molecule has 0 saturated heterocycles. The highest BCUT2D eigenvalue weighted by molar-refractivity contribution is 7.90. The van der Waals surface area contributed by atoms with E-state index in [1.54, 1.807) is 54.7 Å². The van der Waals surface area contributed by atoms with E-state index in [2.05, 4.69) is 15.2 Å². The van der Waals surface area contributed by atoms with E-state index in [0.717, 1.165) is 17.4 Å². The van der Waals surface area contributed by atoms with Gasteiger partial charge in [-0.1, -0.05) is 42.5 Å². The van der Waals surface area contributed by atoms with Gasteiger partial charge in [-0.2, -0.15) is 4.39 Å². The molecule has 10 heteroatoms. The molecule has 212 valence electrons. The number of alkyl carbamates (subject to hydrolysis) is 1. The molecule has 0 unspecified atom stereocenters. The summed E-state index contributed by atoms with van der Waals surface area (Å²) in [6.45, 7) is 7.15. The number of para-hydroxylation sites is 1. The number of rotatable bonds is 11. The van der Waals surface area contributed by atoms with Crippen LogP contribution in [0.15, 0.2) is 84.0 Å². The molecule has 0 bridgehead atoms. The molecule has 4 rings (SSSR count). The summed E-state index contributed by atoms with van der Waals surface area (Å²) in [5, 5.41) is 3.57. The van der Waals surface area contributed by atoms with Crippen molar-refractivity contribution in [3.05, 3.63) is 96.2 Å². The molecule has 2 heterocycles. The van der Waals surface area contributed by atoms with E-state index >= 15 is 0 Å². The highest BCUT2D eigenvalue weighted by atomic mass is 32.2. The number of aromatic nitrogens is 2. The minimum absolute atomic E-state index is 0.203. The predicted octanol–water partition coefficient (Wildman–Crippen LogP) is 5.72. The van der Waals surface area contributed by atoms with Gasteiger partial charge in [0, 0.05) is 43.0 Å². The van der Waals surface area contributed by atoms with Crippen molar-refractivity contribution in [1.82, 2.24) is 19.2 Å². The van der Waals surface area contributed by atoms with Gasteiger partial charge in [0.15, 0.2) is 0 Å². The normalized spacial score (nSPS) is 12.1. The third kappa shape index (κ3) is 7.45. The highest BCUT2D eigenvalue weighted by Crippen LogP contribution is 2.27. The van der Waals surface area contributed by atoms with Gasteiger partial charge in [-0.05, 0) is 70.0 Å². The molecule has 0 atom stereocenters. The van der Waals surface area contributed by atoms with E-state index in [-0.39, 0.29) is 4.90 Å². The van der Waals surface area contributed by atoms with Crippen LogP contribution in [0.25, 0.3) is 10.9 Å². The number of nitrogens with zero attached hydrogens (tertiary/aromatic N) is 3. The molecule has 8 nitrogen and oxygen atoms in total. The second-order valence-corrected chi connectivity index (χ2v) is 12.4. The number of amides is 1. The predicted molar refractivity (Wildman–Crippen MR) is 153 cm³/mol. The number of unbranched alkanes of at least 4 members (excludes halogenated alkanes) is 1. The standard InChI is InChI=1S/C30H35FN4O4S/c1-30(2,3)39-29(36)33-17-9-10-19-34(20-23-12-11-18-32-28(23)31)21-24-22-35(27-16-8-7-15-26(24)27)40(37,38)25-13-5-4-6-14-25/h4-8,11-16,18,22H,9-10,17,19-21H2,1-3H3,(H,33,36). The van der Waals surface area contributed by atoms with Gasteiger partial charge in [0.25, 0.3) is 10.0 Å². The van der Waals surface area contributed by atoms with Gasteiger partial charge >= 0.3 is 6.09 Å². The number of ether oxygens (including phenoxy) is 1. The molecule has 1 N–H and O–H groups in total. The van der Waals surface area contributed by atoms with E-state index in [1.807, 2.05) is 39.0 Å². The van der Waals surface area contributed by atoms with Crippen LogP contribution in [-0.2, 0) is 27.8 Å². The van der Waals surface area contributed by atoms with Crippen LogP contribution < -0.4 is 5.32 Å². The van der Waals surface area contributed by atoms with E-state index < -0.39 is 27.7 Å². The van der Waals surface area contributed by atoms with Gasteiger partial charge in [0.05, 0.1) is 10.4 Å². The summed E-state index contributed by atoms with van der Waals surface area (Å²) in [7, 11) is -3.82. The maximum atomic E-state index is 14.5. The fourth-order valence-corrected chi connectivity index (χ4v) is 5.86. The number of pyridine rings is 1. The lowest BCUT2D eigenvalue weighted by atomic mass is 10.1. The topological polar surface area (TPSA) is 93.5 Å². The molecule has 40 heavy (non-hydrogen) atoms. The van der Waals surface area contributed by atoms with Crippen LogP contribution in [-0.4, -0.2) is 47.1 Å². The van der Waals surface area contributed by atoms with Crippen molar-refractivity contribution < 1.29 is 22.3 Å². The molecular formula is C30H35FN4O4S. The molecule has 0 aliphatic carbocycles. The number of halogens is 1. The largest absolute Gasteiger partial charge is 0.444 e. The van der Waals surface area contributed by atoms with E-state index in [4.69, 9.17) is 4.74 Å². The maximum Gasteiger partial charge on any atom is 0.407 e. The van der Waals surface area contributed by atoms with Crippen molar-refractivity contribution in [3.63, 3.8) is 0 Å². The minimum atomic E-state index is -3.82. The van der Waals surface area contributed by atoms with Crippen LogP contribution in [0.3, 0.4) is 0 Å². The van der Waals surface area contributed by atoms with E-state index in [0.29, 0.717) is 43.7 Å². The first-order chi connectivity index (χ1) is 19.0. The SMILES string of the molecule is CC(C)(C)OC(=O)NCCCCN(Cc1cccnc1F)Cc1cn(S(=O)(=O)c2ccccc2)c2ccccc12. The summed E-state index contributed by atoms with van der Waals surface area (Å²) in [4.78, 5) is 18.0. The Hall–Kier alpha value is -3.76. The fourth-order valence-electron chi connectivity index (χ4n) is 4.45. The second kappa shape index (κ2) is 12.6. The van der Waals surface area contributed by atoms with E-state index in [1.165, 1.54) is 10.2 Å². The Morgan fingerprint density at radius 1 is 0.975 bits per heavy atom. The summed E-state index contributed by atoms with van der Waals surface area (Å²) < 4.78 is 48.1. The first-order valence-corrected chi connectivity index (χ1v) is 14.7. The minimum Gasteiger partial charge on any atom is -0.444 e. The van der Waals surface area contributed by atoms with Crippen LogP contribution in [0.2, 0.25) is 0 Å². The summed E-state index contributed by atoms with van der Waals surface area (Å²) >= 11 is 0. The van der Waals surface area contributed by atoms with Gasteiger partial charge in [-0.15, -0.1) is 0 Å². The number of carbonyl (C=O) groups is 1. The lowest BCUT2D eigenvalue weighted by Gasteiger charge is -2.23. The Labute approximate surface area is 234 Å². The zero-order valence-corrected chi connectivity index (χ0v) is 23.8. The summed E-state index contributed by atoms with van der Waals surface area (Å²) in [6.07, 6.45) is 4.01. The average molecular weight is 567 g/mol. The Morgan fingerprint density at radius 3 is 2.40 bits per heavy atom. The van der Waals surface area contributed by atoms with Crippen LogP contribution in [0.5, 0.6) is 0 Å². The number of hydrogen-bond donors (Lipinski definition) is 1.